The average molecular weight is 194 g/mol. The minimum absolute atomic E-state index is 0.382. The molecule has 0 bridgehead atoms. The fourth-order valence-corrected chi connectivity index (χ4v) is 1.53. The van der Waals surface area contributed by atoms with Gasteiger partial charge in [-0.3, -0.25) is 0 Å². The van der Waals surface area contributed by atoms with Crippen molar-refractivity contribution < 1.29 is 9.47 Å². The van der Waals surface area contributed by atoms with Crippen molar-refractivity contribution in [2.45, 2.75) is 12.5 Å². The Morgan fingerprint density at radius 2 is 2.57 bits per heavy atom. The minimum Gasteiger partial charge on any atom is -0.480 e. The Kier molecular flexibility index (Phi) is 2.84. The standard InChI is InChI=1S/C10H14N2O2/c1-13-10-9(3-2-5-11-10)12-8-4-6-14-7-8/h2-3,5,8,12H,4,6-7H2,1H3. The fraction of sp³-hybridized carbons (Fsp3) is 0.500. The number of methoxy groups -OCH3 is 1. The van der Waals surface area contributed by atoms with Crippen molar-refractivity contribution in [3.8, 4) is 5.88 Å². The van der Waals surface area contributed by atoms with Gasteiger partial charge in [0.2, 0.25) is 5.88 Å². The smallest absolute Gasteiger partial charge is 0.237 e. The van der Waals surface area contributed by atoms with E-state index in [-0.39, 0.29) is 0 Å². The molecule has 1 N–H and O–H groups in total. The summed E-state index contributed by atoms with van der Waals surface area (Å²) >= 11 is 0. The molecule has 1 saturated heterocycles. The van der Waals surface area contributed by atoms with Crippen LogP contribution < -0.4 is 10.1 Å². The third-order valence-electron chi connectivity index (χ3n) is 2.25. The average Bonchev–Trinajstić information content (AvgIpc) is 2.71. The summed E-state index contributed by atoms with van der Waals surface area (Å²) in [6.45, 7) is 1.60. The summed E-state index contributed by atoms with van der Waals surface area (Å²) in [5, 5.41) is 3.35. The van der Waals surface area contributed by atoms with Crippen LogP contribution in [-0.2, 0) is 4.74 Å². The van der Waals surface area contributed by atoms with Crippen molar-refractivity contribution in [1.29, 1.82) is 0 Å². The lowest BCUT2D eigenvalue weighted by molar-refractivity contribution is 0.195. The molecule has 76 valence electrons. The van der Waals surface area contributed by atoms with E-state index in [4.69, 9.17) is 9.47 Å². The van der Waals surface area contributed by atoms with Gasteiger partial charge < -0.3 is 14.8 Å². The fourth-order valence-electron chi connectivity index (χ4n) is 1.53. The Bertz CT molecular complexity index is 298. The number of nitrogens with zero attached hydrogens (tertiary/aromatic N) is 1. The Labute approximate surface area is 83.2 Å². The van der Waals surface area contributed by atoms with Crippen molar-refractivity contribution >= 4 is 5.69 Å². The molecule has 2 rings (SSSR count). The normalized spacial score (nSPS) is 20.8. The zero-order valence-electron chi connectivity index (χ0n) is 8.19. The van der Waals surface area contributed by atoms with E-state index in [0.29, 0.717) is 11.9 Å². The number of hydrogen-bond donors (Lipinski definition) is 1. The predicted octanol–water partition coefficient (Wildman–Crippen LogP) is 1.29. The predicted molar refractivity (Wildman–Crippen MR) is 53.6 cm³/mol. The van der Waals surface area contributed by atoms with Gasteiger partial charge in [-0.25, -0.2) is 4.98 Å². The molecule has 1 aliphatic rings. The number of nitrogens with one attached hydrogen (secondary N) is 1. The Morgan fingerprint density at radius 3 is 3.29 bits per heavy atom. The van der Waals surface area contributed by atoms with E-state index in [1.165, 1.54) is 0 Å². The van der Waals surface area contributed by atoms with E-state index in [0.717, 1.165) is 25.3 Å². The molecule has 1 aromatic rings. The first kappa shape index (κ1) is 9.27. The van der Waals surface area contributed by atoms with Crippen molar-refractivity contribution in [1.82, 2.24) is 4.98 Å². The number of pyridine rings is 1. The monoisotopic (exact) mass is 194 g/mol. The van der Waals surface area contributed by atoms with Crippen molar-refractivity contribution in [2.75, 3.05) is 25.6 Å². The van der Waals surface area contributed by atoms with Crippen LogP contribution in [0.2, 0.25) is 0 Å². The quantitative estimate of drug-likeness (QED) is 0.787. The summed E-state index contributed by atoms with van der Waals surface area (Å²) in [5.74, 6) is 0.638. The van der Waals surface area contributed by atoms with Gasteiger partial charge in [0, 0.05) is 12.8 Å². The molecule has 0 saturated carbocycles. The zero-order valence-corrected chi connectivity index (χ0v) is 8.19. The van der Waals surface area contributed by atoms with Crippen LogP contribution in [0.1, 0.15) is 6.42 Å². The maximum atomic E-state index is 5.28. The highest BCUT2D eigenvalue weighted by atomic mass is 16.5. The highest BCUT2D eigenvalue weighted by molar-refractivity contribution is 5.52. The van der Waals surface area contributed by atoms with Crippen LogP contribution in [-0.4, -0.2) is 31.3 Å². The number of rotatable bonds is 3. The molecular weight excluding hydrogens is 180 g/mol. The van der Waals surface area contributed by atoms with E-state index in [1.807, 2.05) is 12.1 Å². The molecule has 1 aliphatic heterocycles. The van der Waals surface area contributed by atoms with E-state index >= 15 is 0 Å². The van der Waals surface area contributed by atoms with Gasteiger partial charge in [-0.2, -0.15) is 0 Å². The second kappa shape index (κ2) is 4.28. The number of hydrogen-bond acceptors (Lipinski definition) is 4. The second-order valence-electron chi connectivity index (χ2n) is 3.27. The van der Waals surface area contributed by atoms with Gasteiger partial charge >= 0.3 is 0 Å². The van der Waals surface area contributed by atoms with Gasteiger partial charge in [-0.05, 0) is 18.6 Å². The molecule has 0 spiro atoms. The number of anilines is 1. The van der Waals surface area contributed by atoms with Crippen LogP contribution >= 0.6 is 0 Å². The lowest BCUT2D eigenvalue weighted by Crippen LogP contribution is -2.19. The Balaban J connectivity index is 2.07. The molecule has 4 nitrogen and oxygen atoms in total. The lowest BCUT2D eigenvalue weighted by Gasteiger charge is -2.13. The molecule has 14 heavy (non-hydrogen) atoms. The van der Waals surface area contributed by atoms with E-state index < -0.39 is 0 Å². The maximum absolute atomic E-state index is 5.28. The maximum Gasteiger partial charge on any atom is 0.237 e. The number of ether oxygens (including phenoxy) is 2. The molecular formula is C10H14N2O2. The summed E-state index contributed by atoms with van der Waals surface area (Å²) in [4.78, 5) is 4.11. The third-order valence-corrected chi connectivity index (χ3v) is 2.25. The van der Waals surface area contributed by atoms with Crippen molar-refractivity contribution in [3.63, 3.8) is 0 Å². The van der Waals surface area contributed by atoms with Crippen molar-refractivity contribution in [3.05, 3.63) is 18.3 Å². The Hall–Kier alpha value is -1.29. The third kappa shape index (κ3) is 1.96. The first-order chi connectivity index (χ1) is 6.90. The first-order valence-corrected chi connectivity index (χ1v) is 4.73. The molecule has 0 aromatic carbocycles. The zero-order chi connectivity index (χ0) is 9.80. The molecule has 1 unspecified atom stereocenters. The minimum atomic E-state index is 0.382. The van der Waals surface area contributed by atoms with Crippen LogP contribution in [0, 0.1) is 0 Å². The molecule has 1 fully saturated rings. The van der Waals surface area contributed by atoms with E-state index in [1.54, 1.807) is 13.3 Å². The molecule has 0 amide bonds. The SMILES string of the molecule is COc1ncccc1NC1CCOC1. The van der Waals surface area contributed by atoms with Crippen LogP contribution in [0.4, 0.5) is 5.69 Å². The van der Waals surface area contributed by atoms with Crippen LogP contribution in [0.25, 0.3) is 0 Å². The summed E-state index contributed by atoms with van der Waals surface area (Å²) in [6, 6.07) is 4.23. The van der Waals surface area contributed by atoms with Gasteiger partial charge in [0.1, 0.15) is 0 Å². The first-order valence-electron chi connectivity index (χ1n) is 4.73. The molecule has 0 aliphatic carbocycles. The van der Waals surface area contributed by atoms with E-state index in [9.17, 15) is 0 Å². The largest absolute Gasteiger partial charge is 0.480 e. The summed E-state index contributed by atoms with van der Waals surface area (Å²) < 4.78 is 10.4. The van der Waals surface area contributed by atoms with Gasteiger partial charge in [0.15, 0.2) is 0 Å². The second-order valence-corrected chi connectivity index (χ2v) is 3.27. The molecule has 4 heteroatoms. The molecule has 1 atom stereocenters. The molecule has 0 radical (unpaired) electrons. The summed E-state index contributed by atoms with van der Waals surface area (Å²) in [5.41, 5.74) is 0.936. The summed E-state index contributed by atoms with van der Waals surface area (Å²) in [7, 11) is 1.62. The Morgan fingerprint density at radius 1 is 1.64 bits per heavy atom. The summed E-state index contributed by atoms with van der Waals surface area (Å²) in [6.07, 6.45) is 2.76. The van der Waals surface area contributed by atoms with Gasteiger partial charge in [0.05, 0.1) is 25.4 Å². The highest BCUT2D eigenvalue weighted by Gasteiger charge is 2.16. The highest BCUT2D eigenvalue weighted by Crippen LogP contribution is 2.22. The lowest BCUT2D eigenvalue weighted by atomic mass is 10.2. The van der Waals surface area contributed by atoms with E-state index in [2.05, 4.69) is 10.3 Å². The van der Waals surface area contributed by atoms with Gasteiger partial charge in [-0.1, -0.05) is 0 Å². The molecule has 1 aromatic heterocycles. The van der Waals surface area contributed by atoms with Crippen LogP contribution in [0.5, 0.6) is 5.88 Å². The van der Waals surface area contributed by atoms with Crippen molar-refractivity contribution in [2.24, 2.45) is 0 Å². The van der Waals surface area contributed by atoms with Crippen LogP contribution in [0.3, 0.4) is 0 Å². The van der Waals surface area contributed by atoms with Gasteiger partial charge in [-0.15, -0.1) is 0 Å². The molecule has 2 heterocycles. The van der Waals surface area contributed by atoms with Crippen LogP contribution in [0.15, 0.2) is 18.3 Å². The number of aromatic nitrogens is 1. The topological polar surface area (TPSA) is 43.4 Å². The van der Waals surface area contributed by atoms with Gasteiger partial charge in [0.25, 0.3) is 0 Å².